The zero-order valence-electron chi connectivity index (χ0n) is 17.5. The molecule has 1 atom stereocenters. The molecule has 0 aromatic carbocycles. The number of rotatable bonds is 3. The Morgan fingerprint density at radius 1 is 1.23 bits per heavy atom. The molecule has 1 saturated heterocycles. The molecule has 1 N–H and O–H groups in total. The first kappa shape index (κ1) is 19.6. The van der Waals surface area contributed by atoms with E-state index in [0.29, 0.717) is 31.8 Å². The minimum atomic E-state index is -0.681. The van der Waals surface area contributed by atoms with Crippen LogP contribution in [0.5, 0.6) is 0 Å². The van der Waals surface area contributed by atoms with Crippen molar-refractivity contribution in [2.45, 2.75) is 44.8 Å². The van der Waals surface area contributed by atoms with Crippen molar-refractivity contribution in [1.29, 1.82) is 0 Å². The SMILES string of the molecule is Cc1cc2n(n1)CC[C@H](NC(=O)c1ncc3cnn(C4CCOCC4)c3n1)C(=O)N2C. The second-order valence-electron chi connectivity index (χ2n) is 7.98. The van der Waals surface area contributed by atoms with Crippen LogP contribution in [0.25, 0.3) is 11.0 Å². The standard InChI is InChI=1S/C20H24N8O3/c1-12-9-16-26(2)20(30)15(3-6-27(16)25-12)23-19(29)17-21-10-13-11-22-28(18(13)24-17)14-4-7-31-8-5-14/h9-11,14-15H,3-8H2,1-2H3,(H,23,29)/t15-/m0/s1. The maximum atomic E-state index is 12.9. The van der Waals surface area contributed by atoms with E-state index in [2.05, 4.69) is 25.5 Å². The van der Waals surface area contributed by atoms with Crippen LogP contribution >= 0.6 is 0 Å². The number of likely N-dealkylation sites (N-methyl/N-ethyl adjacent to an activating group) is 1. The Balaban J connectivity index is 1.36. The van der Waals surface area contributed by atoms with Crippen LogP contribution in [0.2, 0.25) is 0 Å². The molecule has 1 fully saturated rings. The lowest BCUT2D eigenvalue weighted by molar-refractivity contribution is -0.120. The van der Waals surface area contributed by atoms with Gasteiger partial charge in [-0.15, -0.1) is 0 Å². The number of hydrogen-bond donors (Lipinski definition) is 1. The molecular formula is C20H24N8O3. The van der Waals surface area contributed by atoms with Gasteiger partial charge in [-0.25, -0.2) is 19.3 Å². The third-order valence-electron chi connectivity index (χ3n) is 5.86. The van der Waals surface area contributed by atoms with Crippen molar-refractivity contribution in [2.24, 2.45) is 0 Å². The van der Waals surface area contributed by atoms with Crippen molar-refractivity contribution in [3.8, 4) is 0 Å². The van der Waals surface area contributed by atoms with Gasteiger partial charge in [0.25, 0.3) is 11.8 Å². The summed E-state index contributed by atoms with van der Waals surface area (Å²) in [4.78, 5) is 36.0. The molecule has 0 spiro atoms. The van der Waals surface area contributed by atoms with Gasteiger partial charge in [-0.05, 0) is 26.2 Å². The molecule has 2 aliphatic rings. The number of fused-ring (bicyclic) bond motifs is 2. The van der Waals surface area contributed by atoms with Crippen molar-refractivity contribution in [3.63, 3.8) is 0 Å². The number of carbonyl (C=O) groups excluding carboxylic acids is 2. The van der Waals surface area contributed by atoms with Crippen molar-refractivity contribution >= 4 is 28.7 Å². The quantitative estimate of drug-likeness (QED) is 0.662. The summed E-state index contributed by atoms with van der Waals surface area (Å²) in [5.41, 5.74) is 1.46. The highest BCUT2D eigenvalue weighted by atomic mass is 16.5. The molecule has 3 aromatic rings. The Kier molecular flexibility index (Phi) is 4.89. The maximum Gasteiger partial charge on any atom is 0.289 e. The second-order valence-corrected chi connectivity index (χ2v) is 7.98. The van der Waals surface area contributed by atoms with Crippen LogP contribution in [0.1, 0.15) is 41.6 Å². The van der Waals surface area contributed by atoms with Crippen LogP contribution in [-0.4, -0.2) is 67.6 Å². The molecule has 3 aromatic heterocycles. The highest BCUT2D eigenvalue weighted by Gasteiger charge is 2.31. The van der Waals surface area contributed by atoms with E-state index in [1.54, 1.807) is 24.1 Å². The van der Waals surface area contributed by atoms with Gasteiger partial charge >= 0.3 is 0 Å². The first-order chi connectivity index (χ1) is 15.0. The first-order valence-corrected chi connectivity index (χ1v) is 10.4. The Bertz CT molecular complexity index is 1150. The summed E-state index contributed by atoms with van der Waals surface area (Å²) >= 11 is 0. The molecule has 5 heterocycles. The number of aromatic nitrogens is 6. The molecule has 0 bridgehead atoms. The smallest absolute Gasteiger partial charge is 0.289 e. The summed E-state index contributed by atoms with van der Waals surface area (Å²) in [7, 11) is 1.69. The van der Waals surface area contributed by atoms with Gasteiger partial charge in [0.1, 0.15) is 11.9 Å². The van der Waals surface area contributed by atoms with Gasteiger partial charge in [-0.1, -0.05) is 0 Å². The van der Waals surface area contributed by atoms with Crippen LogP contribution in [-0.2, 0) is 16.1 Å². The van der Waals surface area contributed by atoms with Gasteiger partial charge in [-0.3, -0.25) is 14.5 Å². The summed E-state index contributed by atoms with van der Waals surface area (Å²) in [6, 6.07) is 1.36. The number of aryl methyl sites for hydroxylation is 2. The average molecular weight is 424 g/mol. The normalized spacial score (nSPS) is 20.0. The minimum Gasteiger partial charge on any atom is -0.381 e. The maximum absolute atomic E-state index is 12.9. The van der Waals surface area contributed by atoms with E-state index in [-0.39, 0.29) is 17.8 Å². The first-order valence-electron chi connectivity index (χ1n) is 10.4. The number of carbonyl (C=O) groups is 2. The van der Waals surface area contributed by atoms with E-state index >= 15 is 0 Å². The van der Waals surface area contributed by atoms with Crippen molar-refractivity contribution in [3.05, 3.63) is 30.0 Å². The lowest BCUT2D eigenvalue weighted by atomic mass is 10.1. The minimum absolute atomic E-state index is 0.0228. The van der Waals surface area contributed by atoms with E-state index in [9.17, 15) is 9.59 Å². The second kappa shape index (κ2) is 7.73. The number of anilines is 1. The molecule has 11 nitrogen and oxygen atoms in total. The predicted octanol–water partition coefficient (Wildman–Crippen LogP) is 0.848. The highest BCUT2D eigenvalue weighted by molar-refractivity contribution is 6.01. The summed E-state index contributed by atoms with van der Waals surface area (Å²) in [5.74, 6) is 0.0660. The number of nitrogens with zero attached hydrogens (tertiary/aromatic N) is 7. The van der Waals surface area contributed by atoms with Gasteiger partial charge in [-0.2, -0.15) is 10.2 Å². The highest BCUT2D eigenvalue weighted by Crippen LogP contribution is 2.24. The number of nitrogens with one attached hydrogen (secondary N) is 1. The van der Waals surface area contributed by atoms with Crippen LogP contribution in [0.3, 0.4) is 0 Å². The van der Waals surface area contributed by atoms with E-state index in [0.717, 1.165) is 29.7 Å². The third-order valence-corrected chi connectivity index (χ3v) is 5.86. The van der Waals surface area contributed by atoms with Crippen LogP contribution < -0.4 is 10.2 Å². The fourth-order valence-electron chi connectivity index (χ4n) is 4.19. The molecule has 2 amide bonds. The summed E-state index contributed by atoms with van der Waals surface area (Å²) in [5, 5.41) is 12.4. The van der Waals surface area contributed by atoms with Crippen molar-refractivity contribution in [1.82, 2.24) is 34.8 Å². The Labute approximate surface area is 178 Å². The van der Waals surface area contributed by atoms with Gasteiger partial charge in [0.15, 0.2) is 5.65 Å². The molecule has 0 saturated carbocycles. The molecule has 162 valence electrons. The van der Waals surface area contributed by atoms with Gasteiger partial charge in [0.2, 0.25) is 5.82 Å². The Morgan fingerprint density at radius 2 is 2.03 bits per heavy atom. The predicted molar refractivity (Wildman–Crippen MR) is 111 cm³/mol. The number of hydrogen-bond acceptors (Lipinski definition) is 7. The lowest BCUT2D eigenvalue weighted by Gasteiger charge is -2.22. The van der Waals surface area contributed by atoms with Crippen LogP contribution in [0.15, 0.2) is 18.5 Å². The van der Waals surface area contributed by atoms with Crippen molar-refractivity contribution in [2.75, 3.05) is 25.2 Å². The van der Waals surface area contributed by atoms with Gasteiger partial charge < -0.3 is 10.1 Å². The van der Waals surface area contributed by atoms with E-state index in [4.69, 9.17) is 4.74 Å². The van der Waals surface area contributed by atoms with E-state index in [1.807, 2.05) is 17.7 Å². The van der Waals surface area contributed by atoms with E-state index in [1.165, 1.54) is 4.90 Å². The van der Waals surface area contributed by atoms with Gasteiger partial charge in [0, 0.05) is 39.1 Å². The Hall–Kier alpha value is -3.34. The summed E-state index contributed by atoms with van der Waals surface area (Å²) < 4.78 is 9.06. The fraction of sp³-hybridized carbons (Fsp3) is 0.500. The summed E-state index contributed by atoms with van der Waals surface area (Å²) in [6.45, 7) is 3.77. The molecule has 0 aliphatic carbocycles. The largest absolute Gasteiger partial charge is 0.381 e. The topological polar surface area (TPSA) is 120 Å². The third kappa shape index (κ3) is 3.54. The van der Waals surface area contributed by atoms with Gasteiger partial charge in [0.05, 0.1) is 23.3 Å². The fourth-order valence-corrected chi connectivity index (χ4v) is 4.19. The molecule has 2 aliphatic heterocycles. The Morgan fingerprint density at radius 3 is 2.84 bits per heavy atom. The number of ether oxygens (including phenoxy) is 1. The molecule has 5 rings (SSSR count). The molecule has 0 unspecified atom stereocenters. The summed E-state index contributed by atoms with van der Waals surface area (Å²) in [6.07, 6.45) is 5.43. The molecule has 11 heteroatoms. The van der Waals surface area contributed by atoms with Crippen LogP contribution in [0, 0.1) is 6.92 Å². The average Bonchev–Trinajstić information content (AvgIpc) is 3.36. The van der Waals surface area contributed by atoms with Crippen molar-refractivity contribution < 1.29 is 14.3 Å². The monoisotopic (exact) mass is 424 g/mol. The lowest BCUT2D eigenvalue weighted by Crippen LogP contribution is -2.47. The molecule has 31 heavy (non-hydrogen) atoms. The van der Waals surface area contributed by atoms with Crippen LogP contribution in [0.4, 0.5) is 5.82 Å². The molecule has 0 radical (unpaired) electrons. The number of amides is 2. The molecular weight excluding hydrogens is 400 g/mol. The van der Waals surface area contributed by atoms with E-state index < -0.39 is 11.9 Å². The zero-order chi connectivity index (χ0) is 21.5. The zero-order valence-corrected chi connectivity index (χ0v) is 17.5.